The molecule has 0 saturated heterocycles. The molecule has 8 heteroatoms. The lowest BCUT2D eigenvalue weighted by Crippen LogP contribution is -2.27. The van der Waals surface area contributed by atoms with Crippen molar-refractivity contribution in [1.82, 2.24) is 20.3 Å². The number of carbonyl (C=O) groups excluding carboxylic acids is 1. The van der Waals surface area contributed by atoms with Gasteiger partial charge in [-0.25, -0.2) is 9.97 Å². The van der Waals surface area contributed by atoms with E-state index in [1.165, 1.54) is 0 Å². The van der Waals surface area contributed by atoms with Gasteiger partial charge in [0.2, 0.25) is 5.88 Å². The molecule has 0 saturated carbocycles. The zero-order valence-electron chi connectivity index (χ0n) is 17.9. The molecule has 0 bridgehead atoms. The molecule has 0 aliphatic heterocycles. The molecule has 0 fully saturated rings. The number of carbonyl (C=O) groups is 1. The summed E-state index contributed by atoms with van der Waals surface area (Å²) in [5.74, 6) is 0.888. The minimum Gasteiger partial charge on any atom is -0.507 e. The van der Waals surface area contributed by atoms with Gasteiger partial charge in [-0.05, 0) is 55.0 Å². The molecule has 0 aliphatic rings. The molecule has 4 aromatic rings. The predicted molar refractivity (Wildman–Crippen MR) is 122 cm³/mol. The normalized spacial score (nSPS) is 10.9. The van der Waals surface area contributed by atoms with Crippen molar-refractivity contribution in [3.05, 3.63) is 60.3 Å². The highest BCUT2D eigenvalue weighted by molar-refractivity contribution is 5.97. The Balaban J connectivity index is 1.64. The van der Waals surface area contributed by atoms with Gasteiger partial charge >= 0.3 is 0 Å². The zero-order chi connectivity index (χ0) is 22.5. The summed E-state index contributed by atoms with van der Waals surface area (Å²) < 4.78 is 10.6. The number of fused-ring (bicyclic) bond motifs is 1. The van der Waals surface area contributed by atoms with Gasteiger partial charge in [0.1, 0.15) is 11.6 Å². The maximum Gasteiger partial charge on any atom is 0.251 e. The first-order chi connectivity index (χ1) is 15.6. The van der Waals surface area contributed by atoms with Crippen LogP contribution in [0.4, 0.5) is 0 Å². The maximum atomic E-state index is 12.4. The van der Waals surface area contributed by atoms with Crippen molar-refractivity contribution >= 4 is 16.9 Å². The average Bonchev–Trinajstić information content (AvgIpc) is 3.25. The smallest absolute Gasteiger partial charge is 0.251 e. The van der Waals surface area contributed by atoms with E-state index in [1.54, 1.807) is 43.6 Å². The standard InChI is InChI=1S/C24H24N4O4/c1-3-32-12-11-25-23(30)16-6-8-19-20(14-16)28-22(27-19)18-13-15(7-9-21(18)29)17-5-4-10-26-24(17)31-2/h4-10,13-14,29H,3,11-12H2,1-2H3,(H,25,30)(H,27,28). The summed E-state index contributed by atoms with van der Waals surface area (Å²) in [7, 11) is 1.57. The van der Waals surface area contributed by atoms with E-state index >= 15 is 0 Å². The van der Waals surface area contributed by atoms with Crippen molar-refractivity contribution in [2.45, 2.75) is 6.92 Å². The summed E-state index contributed by atoms with van der Waals surface area (Å²) in [6, 6.07) is 14.2. The number of amides is 1. The van der Waals surface area contributed by atoms with Crippen LogP contribution in [0.3, 0.4) is 0 Å². The Morgan fingerprint density at radius 1 is 1.16 bits per heavy atom. The Morgan fingerprint density at radius 3 is 2.84 bits per heavy atom. The summed E-state index contributed by atoms with van der Waals surface area (Å²) in [5.41, 5.74) is 4.06. The van der Waals surface area contributed by atoms with Crippen LogP contribution < -0.4 is 10.1 Å². The van der Waals surface area contributed by atoms with Crippen LogP contribution in [0.25, 0.3) is 33.5 Å². The molecule has 0 radical (unpaired) electrons. The second-order valence-electron chi connectivity index (χ2n) is 7.06. The van der Waals surface area contributed by atoms with Gasteiger partial charge in [0, 0.05) is 30.5 Å². The number of nitrogens with zero attached hydrogens (tertiary/aromatic N) is 2. The SMILES string of the molecule is CCOCCNC(=O)c1ccc2[nH]c(-c3cc(-c4cccnc4OC)ccc3O)nc2c1. The molecule has 2 aromatic heterocycles. The van der Waals surface area contributed by atoms with Gasteiger partial charge in [0.05, 0.1) is 30.3 Å². The van der Waals surface area contributed by atoms with E-state index in [4.69, 9.17) is 9.47 Å². The number of phenolic OH excluding ortho intramolecular Hbond substituents is 1. The molecule has 3 N–H and O–H groups in total. The second kappa shape index (κ2) is 9.49. The van der Waals surface area contributed by atoms with Crippen LogP contribution >= 0.6 is 0 Å². The first kappa shape index (κ1) is 21.3. The number of ether oxygens (including phenoxy) is 2. The molecule has 164 valence electrons. The quantitative estimate of drug-likeness (QED) is 0.366. The fourth-order valence-electron chi connectivity index (χ4n) is 3.42. The topological polar surface area (TPSA) is 109 Å². The number of nitrogens with one attached hydrogen (secondary N) is 2. The number of hydrogen-bond donors (Lipinski definition) is 3. The molecular weight excluding hydrogens is 408 g/mol. The van der Waals surface area contributed by atoms with Crippen molar-refractivity contribution in [3.63, 3.8) is 0 Å². The molecule has 2 aromatic carbocycles. The molecule has 4 rings (SSSR count). The Kier molecular flexibility index (Phi) is 6.32. The highest BCUT2D eigenvalue weighted by atomic mass is 16.5. The van der Waals surface area contributed by atoms with E-state index in [-0.39, 0.29) is 11.7 Å². The van der Waals surface area contributed by atoms with Crippen molar-refractivity contribution < 1.29 is 19.4 Å². The molecule has 32 heavy (non-hydrogen) atoms. The first-order valence-electron chi connectivity index (χ1n) is 10.3. The second-order valence-corrected chi connectivity index (χ2v) is 7.06. The van der Waals surface area contributed by atoms with Crippen molar-refractivity contribution in [1.29, 1.82) is 0 Å². The van der Waals surface area contributed by atoms with E-state index < -0.39 is 0 Å². The van der Waals surface area contributed by atoms with Gasteiger partial charge in [-0.15, -0.1) is 0 Å². The minimum atomic E-state index is -0.190. The number of H-pyrrole nitrogens is 1. The Labute approximate surface area is 185 Å². The van der Waals surface area contributed by atoms with Crippen LogP contribution in [0, 0.1) is 0 Å². The molecule has 1 amide bonds. The molecule has 0 aliphatic carbocycles. The monoisotopic (exact) mass is 432 g/mol. The number of aromatic amines is 1. The lowest BCUT2D eigenvalue weighted by atomic mass is 10.0. The Bertz CT molecular complexity index is 1250. The largest absolute Gasteiger partial charge is 0.507 e. The fraction of sp³-hybridized carbons (Fsp3) is 0.208. The van der Waals surface area contributed by atoms with Crippen molar-refractivity contribution in [2.75, 3.05) is 26.9 Å². The fourth-order valence-corrected chi connectivity index (χ4v) is 3.42. The number of methoxy groups -OCH3 is 1. The van der Waals surface area contributed by atoms with Crippen LogP contribution in [0.15, 0.2) is 54.7 Å². The van der Waals surface area contributed by atoms with Crippen molar-refractivity contribution in [3.8, 4) is 34.1 Å². The third-order valence-corrected chi connectivity index (χ3v) is 5.01. The maximum absolute atomic E-state index is 12.4. The number of hydrogen-bond acceptors (Lipinski definition) is 6. The third-order valence-electron chi connectivity index (χ3n) is 5.01. The summed E-state index contributed by atoms with van der Waals surface area (Å²) >= 11 is 0. The number of imidazole rings is 1. The third kappa shape index (κ3) is 4.40. The van der Waals surface area contributed by atoms with Crippen LogP contribution in [0.2, 0.25) is 0 Å². The number of rotatable bonds is 8. The summed E-state index contributed by atoms with van der Waals surface area (Å²) in [6.07, 6.45) is 1.66. The van der Waals surface area contributed by atoms with E-state index in [9.17, 15) is 9.90 Å². The Morgan fingerprint density at radius 2 is 2.03 bits per heavy atom. The summed E-state index contributed by atoms with van der Waals surface area (Å²) in [5, 5.41) is 13.3. The van der Waals surface area contributed by atoms with E-state index in [2.05, 4.69) is 20.3 Å². The number of pyridine rings is 1. The number of aromatic hydroxyl groups is 1. The molecular formula is C24H24N4O4. The molecule has 0 spiro atoms. The molecule has 0 unspecified atom stereocenters. The van der Waals surface area contributed by atoms with Gasteiger partial charge in [-0.1, -0.05) is 6.07 Å². The van der Waals surface area contributed by atoms with E-state index in [0.717, 1.165) is 16.6 Å². The molecule has 0 atom stereocenters. The van der Waals surface area contributed by atoms with E-state index in [0.29, 0.717) is 48.1 Å². The number of aromatic nitrogens is 3. The first-order valence-corrected chi connectivity index (χ1v) is 10.3. The summed E-state index contributed by atoms with van der Waals surface area (Å²) in [6.45, 7) is 3.43. The lowest BCUT2D eigenvalue weighted by Gasteiger charge is -2.09. The van der Waals surface area contributed by atoms with Gasteiger partial charge < -0.3 is 24.9 Å². The van der Waals surface area contributed by atoms with Gasteiger partial charge in [0.25, 0.3) is 5.91 Å². The lowest BCUT2D eigenvalue weighted by molar-refractivity contribution is 0.0922. The minimum absolute atomic E-state index is 0.0875. The zero-order valence-corrected chi connectivity index (χ0v) is 17.9. The van der Waals surface area contributed by atoms with Gasteiger partial charge in [-0.3, -0.25) is 4.79 Å². The molecule has 8 nitrogen and oxygen atoms in total. The van der Waals surface area contributed by atoms with E-state index in [1.807, 2.05) is 25.1 Å². The van der Waals surface area contributed by atoms with Crippen LogP contribution in [-0.2, 0) is 4.74 Å². The van der Waals surface area contributed by atoms with Gasteiger partial charge in [0.15, 0.2) is 0 Å². The average molecular weight is 432 g/mol. The number of benzene rings is 2. The van der Waals surface area contributed by atoms with Gasteiger partial charge in [-0.2, -0.15) is 0 Å². The highest BCUT2D eigenvalue weighted by Gasteiger charge is 2.15. The highest BCUT2D eigenvalue weighted by Crippen LogP contribution is 2.35. The van der Waals surface area contributed by atoms with Crippen LogP contribution in [0.1, 0.15) is 17.3 Å². The van der Waals surface area contributed by atoms with Crippen LogP contribution in [-0.4, -0.2) is 52.8 Å². The molecule has 2 heterocycles. The van der Waals surface area contributed by atoms with Crippen LogP contribution in [0.5, 0.6) is 11.6 Å². The predicted octanol–water partition coefficient (Wildman–Crippen LogP) is 3.77. The van der Waals surface area contributed by atoms with Crippen molar-refractivity contribution in [2.24, 2.45) is 0 Å². The Hall–Kier alpha value is -3.91. The number of phenols is 1. The summed E-state index contributed by atoms with van der Waals surface area (Å²) in [4.78, 5) is 24.4.